The highest BCUT2D eigenvalue weighted by molar-refractivity contribution is 6.02. The number of fused-ring (bicyclic) bond motifs is 1. The first-order valence-electron chi connectivity index (χ1n) is 8.22. The number of benzene rings is 4. The Morgan fingerprint density at radius 3 is 1.96 bits per heavy atom. The lowest BCUT2D eigenvalue weighted by molar-refractivity contribution is 1.58. The first-order valence-corrected chi connectivity index (χ1v) is 8.22. The van der Waals surface area contributed by atoms with E-state index in [9.17, 15) is 0 Å². The van der Waals surface area contributed by atoms with E-state index >= 15 is 0 Å². The standard InChI is InChI=1S/C24H18/c1-3-10-19(11-4-1)18-24(21-12-5-2-6-13-21)23-17-9-15-20-14-7-8-16-22(20)23/h1-18H. The third-order valence-corrected chi connectivity index (χ3v) is 4.28. The van der Waals surface area contributed by atoms with Gasteiger partial charge in [-0.3, -0.25) is 0 Å². The Labute approximate surface area is 142 Å². The van der Waals surface area contributed by atoms with Crippen LogP contribution in [0.3, 0.4) is 0 Å². The average molecular weight is 306 g/mol. The second-order valence-corrected chi connectivity index (χ2v) is 5.86. The van der Waals surface area contributed by atoms with Gasteiger partial charge in [-0.15, -0.1) is 0 Å². The van der Waals surface area contributed by atoms with Gasteiger partial charge in [0.2, 0.25) is 0 Å². The van der Waals surface area contributed by atoms with Crippen LogP contribution >= 0.6 is 0 Å². The van der Waals surface area contributed by atoms with Crippen LogP contribution in [-0.4, -0.2) is 0 Å². The quantitative estimate of drug-likeness (QED) is 0.383. The molecule has 0 amide bonds. The third kappa shape index (κ3) is 2.87. The zero-order valence-corrected chi connectivity index (χ0v) is 13.4. The van der Waals surface area contributed by atoms with Crippen molar-refractivity contribution >= 4 is 22.4 Å². The van der Waals surface area contributed by atoms with Crippen LogP contribution in [0.4, 0.5) is 0 Å². The molecule has 0 radical (unpaired) electrons. The normalized spacial score (nSPS) is 11.6. The highest BCUT2D eigenvalue weighted by Gasteiger charge is 2.08. The van der Waals surface area contributed by atoms with Crippen LogP contribution in [0.5, 0.6) is 0 Å². The molecule has 0 aliphatic heterocycles. The number of hydrogen-bond acceptors (Lipinski definition) is 0. The Bertz CT molecular complexity index is 975. The molecule has 0 nitrogen and oxygen atoms in total. The van der Waals surface area contributed by atoms with Crippen LogP contribution in [0.2, 0.25) is 0 Å². The van der Waals surface area contributed by atoms with Gasteiger partial charge in [-0.2, -0.15) is 0 Å². The molecule has 0 spiro atoms. The van der Waals surface area contributed by atoms with Crippen LogP contribution in [0.1, 0.15) is 16.7 Å². The van der Waals surface area contributed by atoms with Gasteiger partial charge >= 0.3 is 0 Å². The highest BCUT2D eigenvalue weighted by Crippen LogP contribution is 2.31. The summed E-state index contributed by atoms with van der Waals surface area (Å²) in [7, 11) is 0. The van der Waals surface area contributed by atoms with Crippen molar-refractivity contribution in [2.24, 2.45) is 0 Å². The lowest BCUT2D eigenvalue weighted by Crippen LogP contribution is -1.90. The van der Waals surface area contributed by atoms with Gasteiger partial charge in [0, 0.05) is 0 Å². The summed E-state index contributed by atoms with van der Waals surface area (Å²) in [5.74, 6) is 0. The van der Waals surface area contributed by atoms with E-state index < -0.39 is 0 Å². The summed E-state index contributed by atoms with van der Waals surface area (Å²) >= 11 is 0. The molecule has 0 aromatic heterocycles. The summed E-state index contributed by atoms with van der Waals surface area (Å²) in [6.45, 7) is 0. The molecular formula is C24H18. The van der Waals surface area contributed by atoms with Gasteiger partial charge in [0.25, 0.3) is 0 Å². The van der Waals surface area contributed by atoms with Crippen molar-refractivity contribution in [2.45, 2.75) is 0 Å². The van der Waals surface area contributed by atoms with Crippen molar-refractivity contribution in [3.8, 4) is 0 Å². The van der Waals surface area contributed by atoms with Crippen LogP contribution in [0.15, 0.2) is 103 Å². The maximum atomic E-state index is 2.27. The van der Waals surface area contributed by atoms with Crippen molar-refractivity contribution in [3.63, 3.8) is 0 Å². The summed E-state index contributed by atoms with van der Waals surface area (Å²) in [5, 5.41) is 2.55. The molecule has 0 unspecified atom stereocenters. The minimum absolute atomic E-state index is 1.21. The van der Waals surface area contributed by atoms with Gasteiger partial charge in [0.15, 0.2) is 0 Å². The molecule has 0 saturated carbocycles. The molecule has 0 heterocycles. The van der Waals surface area contributed by atoms with Gasteiger partial charge in [-0.25, -0.2) is 0 Å². The maximum absolute atomic E-state index is 2.27. The summed E-state index contributed by atoms with van der Waals surface area (Å²) in [6, 6.07) is 36.2. The van der Waals surface area contributed by atoms with Gasteiger partial charge in [0.05, 0.1) is 0 Å². The van der Waals surface area contributed by atoms with Crippen molar-refractivity contribution in [1.29, 1.82) is 0 Å². The number of hydrogen-bond donors (Lipinski definition) is 0. The molecule has 114 valence electrons. The maximum Gasteiger partial charge on any atom is -0.00992 e. The SMILES string of the molecule is C(=C(c1ccccc1)c1cccc2ccccc12)c1ccccc1. The zero-order chi connectivity index (χ0) is 16.2. The molecule has 0 atom stereocenters. The third-order valence-electron chi connectivity index (χ3n) is 4.28. The van der Waals surface area contributed by atoms with E-state index in [2.05, 4.69) is 109 Å². The average Bonchev–Trinajstić information content (AvgIpc) is 2.67. The summed E-state index contributed by atoms with van der Waals surface area (Å²) < 4.78 is 0. The predicted octanol–water partition coefficient (Wildman–Crippen LogP) is 6.43. The summed E-state index contributed by atoms with van der Waals surface area (Å²) in [4.78, 5) is 0. The molecule has 0 bridgehead atoms. The molecular weight excluding hydrogens is 288 g/mol. The van der Waals surface area contributed by atoms with Gasteiger partial charge < -0.3 is 0 Å². The van der Waals surface area contributed by atoms with Crippen molar-refractivity contribution in [1.82, 2.24) is 0 Å². The zero-order valence-electron chi connectivity index (χ0n) is 13.4. The molecule has 4 aromatic rings. The van der Waals surface area contributed by atoms with Crippen LogP contribution < -0.4 is 0 Å². The molecule has 0 heteroatoms. The minimum atomic E-state index is 1.21. The highest BCUT2D eigenvalue weighted by atomic mass is 14.1. The van der Waals surface area contributed by atoms with Crippen LogP contribution in [-0.2, 0) is 0 Å². The fourth-order valence-electron chi connectivity index (χ4n) is 3.11. The van der Waals surface area contributed by atoms with E-state index in [1.807, 2.05) is 0 Å². The second-order valence-electron chi connectivity index (χ2n) is 5.86. The molecule has 4 rings (SSSR count). The largest absolute Gasteiger partial charge is 0.0622 e. The van der Waals surface area contributed by atoms with E-state index in [0.29, 0.717) is 0 Å². The molecule has 0 fully saturated rings. The Kier molecular flexibility index (Phi) is 3.95. The van der Waals surface area contributed by atoms with Gasteiger partial charge in [-0.05, 0) is 39.1 Å². The second kappa shape index (κ2) is 6.55. The van der Waals surface area contributed by atoms with E-state index in [0.717, 1.165) is 0 Å². The van der Waals surface area contributed by atoms with Crippen molar-refractivity contribution < 1.29 is 0 Å². The Balaban J connectivity index is 1.98. The van der Waals surface area contributed by atoms with Crippen LogP contribution in [0, 0.1) is 0 Å². The Morgan fingerprint density at radius 2 is 1.17 bits per heavy atom. The fourth-order valence-corrected chi connectivity index (χ4v) is 3.11. The fraction of sp³-hybridized carbons (Fsp3) is 0. The summed E-state index contributed by atoms with van der Waals surface area (Å²) in [5.41, 5.74) is 4.96. The van der Waals surface area contributed by atoms with Gasteiger partial charge in [0.1, 0.15) is 0 Å². The van der Waals surface area contributed by atoms with E-state index in [1.165, 1.54) is 33.0 Å². The topological polar surface area (TPSA) is 0 Å². The Morgan fingerprint density at radius 1 is 0.542 bits per heavy atom. The lowest BCUT2D eigenvalue weighted by Gasteiger charge is -2.12. The predicted molar refractivity (Wildman–Crippen MR) is 104 cm³/mol. The number of rotatable bonds is 3. The monoisotopic (exact) mass is 306 g/mol. The molecule has 0 aliphatic rings. The Hall–Kier alpha value is -3.12. The lowest BCUT2D eigenvalue weighted by atomic mass is 9.92. The molecule has 0 saturated heterocycles. The van der Waals surface area contributed by atoms with Crippen LogP contribution in [0.25, 0.3) is 22.4 Å². The van der Waals surface area contributed by atoms with Crippen molar-refractivity contribution in [2.75, 3.05) is 0 Å². The van der Waals surface area contributed by atoms with Crippen molar-refractivity contribution in [3.05, 3.63) is 120 Å². The first kappa shape index (κ1) is 14.5. The first-order chi connectivity index (χ1) is 11.9. The van der Waals surface area contributed by atoms with E-state index in [4.69, 9.17) is 0 Å². The molecule has 4 aromatic carbocycles. The molecule has 0 aliphatic carbocycles. The van der Waals surface area contributed by atoms with E-state index in [1.54, 1.807) is 0 Å². The molecule has 24 heavy (non-hydrogen) atoms. The molecule has 0 N–H and O–H groups in total. The van der Waals surface area contributed by atoms with Gasteiger partial charge in [-0.1, -0.05) is 103 Å². The smallest absolute Gasteiger partial charge is 0.00992 e. The minimum Gasteiger partial charge on any atom is -0.0622 e. The summed E-state index contributed by atoms with van der Waals surface area (Å²) in [6.07, 6.45) is 2.27. The van der Waals surface area contributed by atoms with E-state index in [-0.39, 0.29) is 0 Å².